The highest BCUT2D eigenvalue weighted by Crippen LogP contribution is 2.03. The molecule has 0 spiro atoms. The first-order valence-electron chi connectivity index (χ1n) is 6.53. The van der Waals surface area contributed by atoms with Crippen LogP contribution >= 0.6 is 0 Å². The molecular formula is C13H20N2O5. The van der Waals surface area contributed by atoms with Gasteiger partial charge in [-0.15, -0.1) is 0 Å². The minimum atomic E-state index is -1.12. The number of aliphatic hydroxyl groups is 2. The van der Waals surface area contributed by atoms with Crippen molar-refractivity contribution < 1.29 is 24.5 Å². The number of ether oxygens (including phenoxy) is 2. The van der Waals surface area contributed by atoms with E-state index in [1.807, 2.05) is 0 Å². The second-order valence-corrected chi connectivity index (χ2v) is 4.41. The Hall–Kier alpha value is -1.46. The van der Waals surface area contributed by atoms with Crippen molar-refractivity contribution in [3.05, 3.63) is 11.6 Å². The first-order chi connectivity index (χ1) is 9.67. The molecule has 7 heteroatoms. The fourth-order valence-corrected chi connectivity index (χ4v) is 1.69. The third-order valence-electron chi connectivity index (χ3n) is 2.86. The molecule has 0 aromatic rings. The summed E-state index contributed by atoms with van der Waals surface area (Å²) in [4.78, 5) is 13.7. The van der Waals surface area contributed by atoms with E-state index in [4.69, 9.17) is 24.9 Å². The van der Waals surface area contributed by atoms with Gasteiger partial charge in [0.05, 0.1) is 19.8 Å². The molecule has 1 saturated heterocycles. The van der Waals surface area contributed by atoms with Crippen molar-refractivity contribution in [3.8, 4) is 6.07 Å². The molecule has 1 unspecified atom stereocenters. The van der Waals surface area contributed by atoms with Crippen LogP contribution in [0.15, 0.2) is 11.6 Å². The lowest BCUT2D eigenvalue weighted by Crippen LogP contribution is -2.36. The van der Waals surface area contributed by atoms with E-state index in [0.29, 0.717) is 19.6 Å². The van der Waals surface area contributed by atoms with Crippen LogP contribution < -0.4 is 0 Å². The van der Waals surface area contributed by atoms with Gasteiger partial charge in [-0.1, -0.05) is 6.08 Å². The summed E-state index contributed by atoms with van der Waals surface area (Å²) in [5, 5.41) is 26.5. The zero-order chi connectivity index (χ0) is 14.8. The Bertz CT molecular complexity index is 371. The molecule has 1 fully saturated rings. The number of hydrogen-bond acceptors (Lipinski definition) is 7. The zero-order valence-electron chi connectivity index (χ0n) is 11.3. The zero-order valence-corrected chi connectivity index (χ0v) is 11.3. The first kappa shape index (κ1) is 16.6. The van der Waals surface area contributed by atoms with Crippen LogP contribution in [-0.4, -0.2) is 73.2 Å². The second kappa shape index (κ2) is 9.44. The van der Waals surface area contributed by atoms with Gasteiger partial charge in [0.25, 0.3) is 0 Å². The summed E-state index contributed by atoms with van der Waals surface area (Å²) in [5.41, 5.74) is -0.0802. The largest absolute Gasteiger partial charge is 0.459 e. The molecule has 0 amide bonds. The van der Waals surface area contributed by atoms with Crippen molar-refractivity contribution in [2.24, 2.45) is 0 Å². The Labute approximate surface area is 118 Å². The number of hydrogen-bond donors (Lipinski definition) is 2. The topological polar surface area (TPSA) is 103 Å². The number of nitrogens with zero attached hydrogens (tertiary/aromatic N) is 2. The highest BCUT2D eigenvalue weighted by molar-refractivity contribution is 5.92. The summed E-state index contributed by atoms with van der Waals surface area (Å²) in [6.45, 7) is 3.05. The van der Waals surface area contributed by atoms with Crippen LogP contribution in [0, 0.1) is 11.3 Å². The average Bonchev–Trinajstić information content (AvgIpc) is 2.49. The van der Waals surface area contributed by atoms with Gasteiger partial charge in [-0.05, 0) is 6.42 Å². The maximum absolute atomic E-state index is 11.5. The van der Waals surface area contributed by atoms with E-state index in [-0.39, 0.29) is 12.2 Å². The molecule has 0 aromatic heterocycles. The van der Waals surface area contributed by atoms with Gasteiger partial charge in [0.15, 0.2) is 0 Å². The SMILES string of the molecule is N#C/C(=C\CCN1CCOCC1)C(=O)OCC(O)CO. The minimum absolute atomic E-state index is 0.0802. The smallest absolute Gasteiger partial charge is 0.348 e. The van der Waals surface area contributed by atoms with Crippen LogP contribution in [0.5, 0.6) is 0 Å². The molecule has 2 N–H and O–H groups in total. The summed E-state index contributed by atoms with van der Waals surface area (Å²) < 4.78 is 9.94. The quantitative estimate of drug-likeness (QED) is 0.353. The molecule has 0 aliphatic carbocycles. The van der Waals surface area contributed by atoms with E-state index in [2.05, 4.69) is 4.90 Å². The maximum Gasteiger partial charge on any atom is 0.348 e. The maximum atomic E-state index is 11.5. The van der Waals surface area contributed by atoms with Crippen LogP contribution in [0.25, 0.3) is 0 Å². The highest BCUT2D eigenvalue weighted by atomic mass is 16.5. The Balaban J connectivity index is 2.34. The molecule has 1 rings (SSSR count). The molecule has 1 aliphatic rings. The molecule has 0 bridgehead atoms. The Morgan fingerprint density at radius 3 is 2.80 bits per heavy atom. The third kappa shape index (κ3) is 6.12. The summed E-state index contributed by atoms with van der Waals surface area (Å²) in [5.74, 6) is -0.776. The van der Waals surface area contributed by atoms with E-state index < -0.39 is 18.7 Å². The molecule has 1 atom stereocenters. The minimum Gasteiger partial charge on any atom is -0.459 e. The van der Waals surface area contributed by atoms with Crippen molar-refractivity contribution in [3.63, 3.8) is 0 Å². The monoisotopic (exact) mass is 284 g/mol. The fourth-order valence-electron chi connectivity index (χ4n) is 1.69. The molecular weight excluding hydrogens is 264 g/mol. The number of aliphatic hydroxyl groups excluding tert-OH is 2. The lowest BCUT2D eigenvalue weighted by Gasteiger charge is -2.25. The van der Waals surface area contributed by atoms with Gasteiger partial charge in [0.1, 0.15) is 24.4 Å². The average molecular weight is 284 g/mol. The molecule has 1 aliphatic heterocycles. The van der Waals surface area contributed by atoms with Crippen LogP contribution in [0.3, 0.4) is 0 Å². The Kier molecular flexibility index (Phi) is 7.84. The Morgan fingerprint density at radius 2 is 2.20 bits per heavy atom. The van der Waals surface area contributed by atoms with Crippen molar-refractivity contribution in [1.82, 2.24) is 4.90 Å². The van der Waals surface area contributed by atoms with Crippen LogP contribution in [0.1, 0.15) is 6.42 Å². The van der Waals surface area contributed by atoms with Gasteiger partial charge in [-0.2, -0.15) is 5.26 Å². The number of rotatable bonds is 7. The van der Waals surface area contributed by atoms with Crippen LogP contribution in [0.4, 0.5) is 0 Å². The van der Waals surface area contributed by atoms with E-state index in [0.717, 1.165) is 19.6 Å². The van der Waals surface area contributed by atoms with Gasteiger partial charge >= 0.3 is 5.97 Å². The van der Waals surface area contributed by atoms with Gasteiger partial charge in [0.2, 0.25) is 0 Å². The molecule has 7 nitrogen and oxygen atoms in total. The molecule has 0 radical (unpaired) electrons. The van der Waals surface area contributed by atoms with Crippen molar-refractivity contribution in [2.45, 2.75) is 12.5 Å². The van der Waals surface area contributed by atoms with Gasteiger partial charge < -0.3 is 19.7 Å². The number of nitriles is 1. The van der Waals surface area contributed by atoms with Crippen molar-refractivity contribution in [1.29, 1.82) is 5.26 Å². The summed E-state index contributed by atoms with van der Waals surface area (Å²) >= 11 is 0. The molecule has 112 valence electrons. The standard InChI is InChI=1S/C13H20N2O5/c14-8-11(13(18)20-10-12(17)9-16)2-1-3-15-4-6-19-7-5-15/h2,12,16-17H,1,3-7,9-10H2/b11-2+. The lowest BCUT2D eigenvalue weighted by molar-refractivity contribution is -0.142. The highest BCUT2D eigenvalue weighted by Gasteiger charge is 2.14. The van der Waals surface area contributed by atoms with E-state index in [1.165, 1.54) is 6.08 Å². The van der Waals surface area contributed by atoms with Crippen molar-refractivity contribution in [2.75, 3.05) is 46.1 Å². The molecule has 1 heterocycles. The van der Waals surface area contributed by atoms with Crippen LogP contribution in [-0.2, 0) is 14.3 Å². The van der Waals surface area contributed by atoms with Crippen LogP contribution in [0.2, 0.25) is 0 Å². The Morgan fingerprint density at radius 1 is 1.50 bits per heavy atom. The van der Waals surface area contributed by atoms with E-state index >= 15 is 0 Å². The summed E-state index contributed by atoms with van der Waals surface area (Å²) in [7, 11) is 0. The number of esters is 1. The number of carbonyl (C=O) groups is 1. The fraction of sp³-hybridized carbons (Fsp3) is 0.692. The summed E-state index contributed by atoms with van der Waals surface area (Å²) in [6.07, 6.45) is 0.983. The molecule has 0 saturated carbocycles. The normalized spacial score (nSPS) is 18.4. The number of carbonyl (C=O) groups excluding carboxylic acids is 1. The van der Waals surface area contributed by atoms with Gasteiger partial charge in [-0.3, -0.25) is 4.90 Å². The lowest BCUT2D eigenvalue weighted by atomic mass is 10.2. The third-order valence-corrected chi connectivity index (χ3v) is 2.86. The predicted molar refractivity (Wildman–Crippen MR) is 69.6 cm³/mol. The second-order valence-electron chi connectivity index (χ2n) is 4.41. The predicted octanol–water partition coefficient (Wildman–Crippen LogP) is -0.945. The molecule has 20 heavy (non-hydrogen) atoms. The van der Waals surface area contributed by atoms with Crippen molar-refractivity contribution >= 4 is 5.97 Å². The molecule has 0 aromatic carbocycles. The van der Waals surface area contributed by atoms with E-state index in [9.17, 15) is 4.79 Å². The van der Waals surface area contributed by atoms with Gasteiger partial charge in [-0.25, -0.2) is 4.79 Å². The van der Waals surface area contributed by atoms with E-state index in [1.54, 1.807) is 6.07 Å². The van der Waals surface area contributed by atoms with Gasteiger partial charge in [0, 0.05) is 19.6 Å². The summed E-state index contributed by atoms with van der Waals surface area (Å²) in [6, 6.07) is 1.78. The first-order valence-corrected chi connectivity index (χ1v) is 6.53. The number of morpholine rings is 1.